The zero-order chi connectivity index (χ0) is 20.7. The Labute approximate surface area is 169 Å². The number of Topliss-reactive ketones (excluding diaryl/α,β-unsaturated/α-hetero) is 1. The summed E-state index contributed by atoms with van der Waals surface area (Å²) < 4.78 is 10.8. The van der Waals surface area contributed by atoms with Crippen LogP contribution < -0.4 is 14.4 Å². The van der Waals surface area contributed by atoms with Gasteiger partial charge in [-0.15, -0.1) is 0 Å². The van der Waals surface area contributed by atoms with E-state index in [4.69, 9.17) is 9.47 Å². The van der Waals surface area contributed by atoms with Gasteiger partial charge in [0.25, 0.3) is 5.91 Å². The van der Waals surface area contributed by atoms with Gasteiger partial charge in [-0.1, -0.05) is 43.7 Å². The number of rotatable bonds is 5. The number of nitrogens with zero attached hydrogens (tertiary/aromatic N) is 1. The predicted molar refractivity (Wildman–Crippen MR) is 108 cm³/mol. The van der Waals surface area contributed by atoms with Crippen molar-refractivity contribution < 1.29 is 24.2 Å². The molecule has 150 valence electrons. The van der Waals surface area contributed by atoms with Gasteiger partial charge in [-0.3, -0.25) is 14.5 Å². The molecular weight excluding hydrogens is 370 g/mol. The number of aliphatic hydroxyl groups excluding tert-OH is 1. The molecule has 0 aliphatic carbocycles. The smallest absolute Gasteiger partial charge is 0.294 e. The van der Waals surface area contributed by atoms with Crippen LogP contribution in [0, 0.1) is 12.8 Å². The van der Waals surface area contributed by atoms with E-state index in [1.807, 2.05) is 45.0 Å². The molecule has 0 spiro atoms. The lowest BCUT2D eigenvalue weighted by molar-refractivity contribution is -0.118. The van der Waals surface area contributed by atoms with Crippen LogP contribution in [0.4, 0.5) is 5.69 Å². The first kappa shape index (κ1) is 19.1. The van der Waals surface area contributed by atoms with E-state index in [-0.39, 0.29) is 30.5 Å². The fourth-order valence-corrected chi connectivity index (χ4v) is 3.83. The maximum absolute atomic E-state index is 13.1. The molecule has 2 aliphatic heterocycles. The highest BCUT2D eigenvalue weighted by atomic mass is 16.7. The minimum atomic E-state index is -0.700. The molecule has 1 atom stereocenters. The van der Waals surface area contributed by atoms with E-state index < -0.39 is 17.7 Å². The number of ketones is 1. The molecule has 0 saturated heterocycles. The number of amides is 1. The highest BCUT2D eigenvalue weighted by molar-refractivity contribution is 6.16. The highest BCUT2D eigenvalue weighted by Gasteiger charge is 2.44. The number of anilines is 1. The average molecular weight is 393 g/mol. The maximum atomic E-state index is 13.1. The van der Waals surface area contributed by atoms with Gasteiger partial charge in [-0.2, -0.15) is 0 Å². The molecule has 1 unspecified atom stereocenters. The third kappa shape index (κ3) is 3.35. The van der Waals surface area contributed by atoms with Gasteiger partial charge in [-0.25, -0.2) is 0 Å². The molecule has 6 heteroatoms. The van der Waals surface area contributed by atoms with E-state index in [1.54, 1.807) is 18.2 Å². The van der Waals surface area contributed by atoms with Crippen LogP contribution >= 0.6 is 0 Å². The Morgan fingerprint density at radius 3 is 2.66 bits per heavy atom. The summed E-state index contributed by atoms with van der Waals surface area (Å²) in [5.74, 6) is -0.0703. The SMILES string of the molecule is Cc1cccc(C2C(C(=O)CC(C)C)=C(O)C(=O)N2c2ccc3c(c2)OCO3)c1. The van der Waals surface area contributed by atoms with Crippen molar-refractivity contribution in [3.05, 3.63) is 64.9 Å². The molecule has 2 aromatic carbocycles. The molecule has 2 heterocycles. The fraction of sp³-hybridized carbons (Fsp3) is 0.304. The summed E-state index contributed by atoms with van der Waals surface area (Å²) in [5, 5.41) is 10.7. The highest BCUT2D eigenvalue weighted by Crippen LogP contribution is 2.44. The summed E-state index contributed by atoms with van der Waals surface area (Å²) in [4.78, 5) is 27.5. The van der Waals surface area contributed by atoms with Gasteiger partial charge in [0.1, 0.15) is 0 Å². The second-order valence-corrected chi connectivity index (χ2v) is 7.81. The van der Waals surface area contributed by atoms with Crippen molar-refractivity contribution in [2.45, 2.75) is 33.2 Å². The Morgan fingerprint density at radius 2 is 1.93 bits per heavy atom. The number of benzene rings is 2. The van der Waals surface area contributed by atoms with Crippen molar-refractivity contribution in [3.63, 3.8) is 0 Å². The van der Waals surface area contributed by atoms with E-state index in [0.717, 1.165) is 11.1 Å². The number of hydrogen-bond acceptors (Lipinski definition) is 5. The van der Waals surface area contributed by atoms with Crippen molar-refractivity contribution in [1.29, 1.82) is 0 Å². The predicted octanol–water partition coefficient (Wildman–Crippen LogP) is 4.24. The van der Waals surface area contributed by atoms with Crippen LogP contribution in [0.3, 0.4) is 0 Å². The Kier molecular flexibility index (Phi) is 4.78. The largest absolute Gasteiger partial charge is 0.503 e. The molecule has 1 amide bonds. The lowest BCUT2D eigenvalue weighted by Gasteiger charge is -2.27. The second-order valence-electron chi connectivity index (χ2n) is 7.81. The first-order valence-electron chi connectivity index (χ1n) is 9.63. The van der Waals surface area contributed by atoms with Gasteiger partial charge in [0.15, 0.2) is 23.0 Å². The van der Waals surface area contributed by atoms with Crippen LogP contribution in [-0.2, 0) is 9.59 Å². The summed E-state index contributed by atoms with van der Waals surface area (Å²) >= 11 is 0. The van der Waals surface area contributed by atoms with E-state index in [0.29, 0.717) is 17.2 Å². The minimum Gasteiger partial charge on any atom is -0.503 e. The maximum Gasteiger partial charge on any atom is 0.294 e. The normalized spacial score (nSPS) is 18.1. The van der Waals surface area contributed by atoms with Gasteiger partial charge in [-0.05, 0) is 30.5 Å². The molecule has 0 radical (unpaired) electrons. The molecule has 0 saturated carbocycles. The Balaban J connectivity index is 1.84. The zero-order valence-electron chi connectivity index (χ0n) is 16.6. The van der Waals surface area contributed by atoms with Crippen molar-refractivity contribution in [2.75, 3.05) is 11.7 Å². The van der Waals surface area contributed by atoms with Crippen molar-refractivity contribution in [1.82, 2.24) is 0 Å². The number of aliphatic hydroxyl groups is 1. The molecule has 0 fully saturated rings. The van der Waals surface area contributed by atoms with Crippen molar-refractivity contribution >= 4 is 17.4 Å². The summed E-state index contributed by atoms with van der Waals surface area (Å²) in [6, 6.07) is 12.1. The van der Waals surface area contributed by atoms with Gasteiger partial charge in [0, 0.05) is 18.2 Å². The van der Waals surface area contributed by atoms with Crippen LogP contribution in [0.5, 0.6) is 11.5 Å². The van der Waals surface area contributed by atoms with Gasteiger partial charge in [0.2, 0.25) is 6.79 Å². The minimum absolute atomic E-state index is 0.107. The van der Waals surface area contributed by atoms with Gasteiger partial charge >= 0.3 is 0 Å². The zero-order valence-corrected chi connectivity index (χ0v) is 16.6. The van der Waals surface area contributed by atoms with E-state index in [9.17, 15) is 14.7 Å². The summed E-state index contributed by atoms with van der Waals surface area (Å²) in [5.41, 5.74) is 2.45. The Morgan fingerprint density at radius 1 is 1.17 bits per heavy atom. The van der Waals surface area contributed by atoms with Gasteiger partial charge in [0.05, 0.1) is 11.6 Å². The molecule has 6 nitrogen and oxygen atoms in total. The Hall–Kier alpha value is -3.28. The molecule has 2 aliphatic rings. The standard InChI is InChI=1S/C23H23NO5/c1-13(2)9-17(25)20-21(15-6-4-5-14(3)10-15)24(23(27)22(20)26)16-7-8-18-19(11-16)29-12-28-18/h4-8,10-11,13,21,26H,9,12H2,1-3H3. The lowest BCUT2D eigenvalue weighted by atomic mass is 9.91. The quantitative estimate of drug-likeness (QED) is 0.822. The summed E-state index contributed by atoms with van der Waals surface area (Å²) in [6.45, 7) is 5.94. The molecule has 1 N–H and O–H groups in total. The van der Waals surface area contributed by atoms with Gasteiger partial charge < -0.3 is 14.6 Å². The number of hydrogen-bond donors (Lipinski definition) is 1. The first-order valence-corrected chi connectivity index (χ1v) is 9.63. The first-order chi connectivity index (χ1) is 13.9. The van der Waals surface area contributed by atoms with Crippen molar-refractivity contribution in [2.24, 2.45) is 5.92 Å². The van der Waals surface area contributed by atoms with Crippen LogP contribution in [0.1, 0.15) is 37.4 Å². The number of fused-ring (bicyclic) bond motifs is 1. The third-order valence-corrected chi connectivity index (χ3v) is 5.09. The summed E-state index contributed by atoms with van der Waals surface area (Å²) in [6.07, 6.45) is 0.254. The second kappa shape index (κ2) is 7.28. The van der Waals surface area contributed by atoms with E-state index >= 15 is 0 Å². The Bertz CT molecular complexity index is 1020. The monoisotopic (exact) mass is 393 g/mol. The number of ether oxygens (including phenoxy) is 2. The lowest BCUT2D eigenvalue weighted by Crippen LogP contribution is -2.31. The molecular formula is C23H23NO5. The van der Waals surface area contributed by atoms with Crippen LogP contribution in [0.25, 0.3) is 0 Å². The number of carbonyl (C=O) groups is 2. The number of carbonyl (C=O) groups excluding carboxylic acids is 2. The molecule has 29 heavy (non-hydrogen) atoms. The van der Waals surface area contributed by atoms with E-state index in [2.05, 4.69) is 0 Å². The van der Waals surface area contributed by atoms with Crippen molar-refractivity contribution in [3.8, 4) is 11.5 Å². The molecule has 0 bridgehead atoms. The van der Waals surface area contributed by atoms with Crippen LogP contribution in [0.15, 0.2) is 53.8 Å². The van der Waals surface area contributed by atoms with Crippen LogP contribution in [0.2, 0.25) is 0 Å². The number of aryl methyl sites for hydroxylation is 1. The summed E-state index contributed by atoms with van der Waals surface area (Å²) in [7, 11) is 0. The van der Waals surface area contributed by atoms with Crippen LogP contribution in [-0.4, -0.2) is 23.6 Å². The molecule has 4 rings (SSSR count). The fourth-order valence-electron chi connectivity index (χ4n) is 3.83. The third-order valence-electron chi connectivity index (χ3n) is 5.09. The van der Waals surface area contributed by atoms with E-state index in [1.165, 1.54) is 4.90 Å². The molecule has 2 aromatic rings. The molecule has 0 aromatic heterocycles. The topological polar surface area (TPSA) is 76.1 Å². The average Bonchev–Trinajstić information content (AvgIpc) is 3.23.